The molecule has 3 aromatic rings. The van der Waals surface area contributed by atoms with E-state index in [9.17, 15) is 14.7 Å². The first-order valence-electron chi connectivity index (χ1n) is 9.06. The van der Waals surface area contributed by atoms with Crippen molar-refractivity contribution in [3.05, 3.63) is 68.1 Å². The van der Waals surface area contributed by atoms with E-state index in [1.54, 1.807) is 22.8 Å². The number of carbonyl (C=O) groups is 1. The number of likely N-dealkylation sites (tertiary alicyclic amines) is 1. The Bertz CT molecular complexity index is 1100. The average molecular weight is 420 g/mol. The minimum absolute atomic E-state index is 0.0298. The van der Waals surface area contributed by atoms with Gasteiger partial charge in [0.15, 0.2) is 0 Å². The van der Waals surface area contributed by atoms with Crippen LogP contribution in [0.2, 0.25) is 10.0 Å². The zero-order valence-corrected chi connectivity index (χ0v) is 16.5. The van der Waals surface area contributed by atoms with E-state index in [1.165, 1.54) is 6.07 Å². The van der Waals surface area contributed by atoms with Gasteiger partial charge < -0.3 is 10.1 Å². The molecule has 0 spiro atoms. The van der Waals surface area contributed by atoms with Crippen molar-refractivity contribution in [3.8, 4) is 0 Å². The first-order chi connectivity index (χ1) is 13.4. The van der Waals surface area contributed by atoms with Gasteiger partial charge in [-0.3, -0.25) is 9.47 Å². The Labute approximate surface area is 171 Å². The molecule has 0 aliphatic carbocycles. The van der Waals surface area contributed by atoms with E-state index in [2.05, 4.69) is 9.88 Å². The van der Waals surface area contributed by atoms with Gasteiger partial charge in [-0.25, -0.2) is 9.59 Å². The van der Waals surface area contributed by atoms with Crippen molar-refractivity contribution in [2.45, 2.75) is 25.4 Å². The number of fused-ring (bicyclic) bond motifs is 1. The van der Waals surface area contributed by atoms with Gasteiger partial charge in [-0.05, 0) is 48.7 Å². The fourth-order valence-electron chi connectivity index (χ4n) is 3.84. The van der Waals surface area contributed by atoms with Crippen LogP contribution in [0.15, 0.2) is 41.2 Å². The second-order valence-corrected chi connectivity index (χ2v) is 7.92. The van der Waals surface area contributed by atoms with E-state index in [0.29, 0.717) is 21.1 Å². The molecule has 1 aliphatic rings. The number of halogens is 2. The smallest absolute Gasteiger partial charge is 0.335 e. The third-order valence-corrected chi connectivity index (χ3v) is 5.88. The molecule has 1 saturated heterocycles. The molecule has 28 heavy (non-hydrogen) atoms. The number of aromatic carboxylic acids is 1. The number of nitrogens with zero attached hydrogens (tertiary/aromatic N) is 2. The second-order valence-electron chi connectivity index (χ2n) is 7.08. The van der Waals surface area contributed by atoms with Crippen LogP contribution in [0, 0.1) is 0 Å². The maximum atomic E-state index is 12.5. The van der Waals surface area contributed by atoms with Crippen LogP contribution in [0.4, 0.5) is 0 Å². The van der Waals surface area contributed by atoms with Crippen molar-refractivity contribution in [1.82, 2.24) is 14.5 Å². The largest absolute Gasteiger partial charge is 0.478 e. The zero-order valence-electron chi connectivity index (χ0n) is 15.0. The summed E-state index contributed by atoms with van der Waals surface area (Å²) >= 11 is 12.2. The number of benzene rings is 2. The summed E-state index contributed by atoms with van der Waals surface area (Å²) in [4.78, 5) is 28.9. The van der Waals surface area contributed by atoms with E-state index >= 15 is 0 Å². The molecule has 1 fully saturated rings. The van der Waals surface area contributed by atoms with Gasteiger partial charge >= 0.3 is 11.7 Å². The third kappa shape index (κ3) is 3.68. The summed E-state index contributed by atoms with van der Waals surface area (Å²) < 4.78 is 1.70. The molecule has 2 aromatic carbocycles. The van der Waals surface area contributed by atoms with Crippen LogP contribution in [0.5, 0.6) is 0 Å². The highest BCUT2D eigenvalue weighted by Gasteiger charge is 2.24. The number of piperidine rings is 1. The summed E-state index contributed by atoms with van der Waals surface area (Å²) in [6, 6.07) is 10.3. The van der Waals surface area contributed by atoms with Crippen LogP contribution >= 0.6 is 23.2 Å². The number of carboxylic acids is 1. The van der Waals surface area contributed by atoms with E-state index in [-0.39, 0.29) is 17.3 Å². The lowest BCUT2D eigenvalue weighted by atomic mass is 10.0. The first kappa shape index (κ1) is 19.1. The van der Waals surface area contributed by atoms with Crippen molar-refractivity contribution in [2.75, 3.05) is 13.1 Å². The standard InChI is InChI=1S/C20H19Cl2N3O3/c21-14-3-1-13(16(22)10-14)11-24-7-5-15(6-8-24)25-18-9-12(19(26)27)2-4-17(18)23-20(25)28/h1-4,9-10,15H,5-8,11H2,(H,23,28)(H,26,27). The number of hydrogen-bond acceptors (Lipinski definition) is 3. The number of nitrogens with one attached hydrogen (secondary N) is 1. The molecule has 4 rings (SSSR count). The number of aromatic amines is 1. The van der Waals surface area contributed by atoms with Crippen molar-refractivity contribution in [2.24, 2.45) is 0 Å². The summed E-state index contributed by atoms with van der Waals surface area (Å²) in [5, 5.41) is 10.5. The number of carboxylic acid groups (broad SMARTS) is 1. The average Bonchev–Trinajstić information content (AvgIpc) is 2.99. The van der Waals surface area contributed by atoms with Crippen LogP contribution in [-0.4, -0.2) is 38.6 Å². The second kappa shape index (κ2) is 7.62. The van der Waals surface area contributed by atoms with Gasteiger partial charge in [-0.1, -0.05) is 29.3 Å². The predicted molar refractivity (Wildman–Crippen MR) is 110 cm³/mol. The molecular formula is C20H19Cl2N3O3. The Morgan fingerprint density at radius 3 is 2.57 bits per heavy atom. The Morgan fingerprint density at radius 2 is 1.89 bits per heavy atom. The van der Waals surface area contributed by atoms with Gasteiger partial charge in [-0.2, -0.15) is 0 Å². The molecule has 2 N–H and O–H groups in total. The van der Waals surface area contributed by atoms with Gasteiger partial charge in [0.1, 0.15) is 0 Å². The molecule has 8 heteroatoms. The SMILES string of the molecule is O=C(O)c1ccc2[nH]c(=O)n(C3CCN(Cc4ccc(Cl)cc4Cl)CC3)c2c1. The molecule has 0 radical (unpaired) electrons. The molecule has 1 aliphatic heterocycles. The number of H-pyrrole nitrogens is 1. The quantitative estimate of drug-likeness (QED) is 0.664. The predicted octanol–water partition coefficient (Wildman–Crippen LogP) is 4.17. The number of hydrogen-bond donors (Lipinski definition) is 2. The Kier molecular flexibility index (Phi) is 5.19. The molecule has 0 unspecified atom stereocenters. The first-order valence-corrected chi connectivity index (χ1v) is 9.82. The maximum absolute atomic E-state index is 12.5. The van der Waals surface area contributed by atoms with Crippen LogP contribution < -0.4 is 5.69 Å². The van der Waals surface area contributed by atoms with E-state index in [4.69, 9.17) is 23.2 Å². The molecule has 0 atom stereocenters. The van der Waals surface area contributed by atoms with Gasteiger partial charge in [0.25, 0.3) is 0 Å². The number of aromatic nitrogens is 2. The van der Waals surface area contributed by atoms with E-state index < -0.39 is 5.97 Å². The van der Waals surface area contributed by atoms with Crippen molar-refractivity contribution < 1.29 is 9.90 Å². The zero-order chi connectivity index (χ0) is 19.8. The molecule has 6 nitrogen and oxygen atoms in total. The monoisotopic (exact) mass is 419 g/mol. The molecule has 0 amide bonds. The van der Waals surface area contributed by atoms with Crippen LogP contribution in [-0.2, 0) is 6.54 Å². The molecule has 2 heterocycles. The van der Waals surface area contributed by atoms with Crippen molar-refractivity contribution >= 4 is 40.2 Å². The Morgan fingerprint density at radius 1 is 1.14 bits per heavy atom. The summed E-state index contributed by atoms with van der Waals surface area (Å²) in [5.41, 5.74) is 2.31. The Balaban J connectivity index is 1.52. The van der Waals surface area contributed by atoms with Crippen LogP contribution in [0.1, 0.15) is 34.8 Å². The molecular weight excluding hydrogens is 401 g/mol. The summed E-state index contributed by atoms with van der Waals surface area (Å²) in [7, 11) is 0. The number of rotatable bonds is 4. The molecule has 146 valence electrons. The fraction of sp³-hybridized carbons (Fsp3) is 0.300. The molecule has 0 bridgehead atoms. The summed E-state index contributed by atoms with van der Waals surface area (Å²) in [6.45, 7) is 2.37. The fourth-order valence-corrected chi connectivity index (χ4v) is 4.31. The third-order valence-electron chi connectivity index (χ3n) is 5.30. The molecule has 1 aromatic heterocycles. The maximum Gasteiger partial charge on any atom is 0.335 e. The van der Waals surface area contributed by atoms with Gasteiger partial charge in [0.05, 0.1) is 16.6 Å². The summed E-state index contributed by atoms with van der Waals surface area (Å²) in [5.74, 6) is -1.00. The van der Waals surface area contributed by atoms with Crippen LogP contribution in [0.3, 0.4) is 0 Å². The highest BCUT2D eigenvalue weighted by Crippen LogP contribution is 2.28. The lowest BCUT2D eigenvalue weighted by Crippen LogP contribution is -2.36. The Hall–Kier alpha value is -2.28. The van der Waals surface area contributed by atoms with Gasteiger partial charge in [0.2, 0.25) is 0 Å². The van der Waals surface area contributed by atoms with Crippen LogP contribution in [0.25, 0.3) is 11.0 Å². The number of imidazole rings is 1. The van der Waals surface area contributed by atoms with Gasteiger partial charge in [0, 0.05) is 35.7 Å². The van der Waals surface area contributed by atoms with E-state index in [1.807, 2.05) is 12.1 Å². The summed E-state index contributed by atoms with van der Waals surface area (Å²) in [6.07, 6.45) is 1.60. The lowest BCUT2D eigenvalue weighted by molar-refractivity contribution is 0.0697. The molecule has 0 saturated carbocycles. The normalized spacial score (nSPS) is 15.9. The van der Waals surface area contributed by atoms with E-state index in [0.717, 1.165) is 38.0 Å². The lowest BCUT2D eigenvalue weighted by Gasteiger charge is -2.32. The highest BCUT2D eigenvalue weighted by molar-refractivity contribution is 6.35. The topological polar surface area (TPSA) is 78.3 Å². The van der Waals surface area contributed by atoms with Crippen molar-refractivity contribution in [1.29, 1.82) is 0 Å². The minimum Gasteiger partial charge on any atom is -0.478 e. The van der Waals surface area contributed by atoms with Crippen molar-refractivity contribution in [3.63, 3.8) is 0 Å². The highest BCUT2D eigenvalue weighted by atomic mass is 35.5. The van der Waals surface area contributed by atoms with Gasteiger partial charge in [-0.15, -0.1) is 0 Å². The minimum atomic E-state index is -1.00.